The third-order valence-corrected chi connectivity index (χ3v) is 5.39. The number of benzene rings is 1. The quantitative estimate of drug-likeness (QED) is 0.714. The molecule has 98 valence electrons. The summed E-state index contributed by atoms with van der Waals surface area (Å²) in [7, 11) is 0. The van der Waals surface area contributed by atoms with E-state index in [-0.39, 0.29) is 0 Å². The Hall–Kier alpha value is -1.16. The van der Waals surface area contributed by atoms with Gasteiger partial charge in [0.25, 0.3) is 0 Å². The number of rotatable bonds is 4. The van der Waals surface area contributed by atoms with Gasteiger partial charge in [-0.2, -0.15) is 0 Å². The zero-order chi connectivity index (χ0) is 13.2. The summed E-state index contributed by atoms with van der Waals surface area (Å²) in [6.45, 7) is 5.36. The Morgan fingerprint density at radius 1 is 1.21 bits per heavy atom. The van der Waals surface area contributed by atoms with Crippen molar-refractivity contribution in [2.45, 2.75) is 19.9 Å². The van der Waals surface area contributed by atoms with Gasteiger partial charge in [0.05, 0.1) is 6.04 Å². The number of fused-ring (bicyclic) bond motifs is 1. The molecule has 3 heteroatoms. The van der Waals surface area contributed by atoms with Crippen LogP contribution < -0.4 is 5.32 Å². The third kappa shape index (κ3) is 2.46. The highest BCUT2D eigenvalue weighted by molar-refractivity contribution is 7.19. The van der Waals surface area contributed by atoms with Crippen molar-refractivity contribution < 1.29 is 0 Å². The number of thiophene rings is 2. The van der Waals surface area contributed by atoms with Crippen molar-refractivity contribution in [1.82, 2.24) is 5.32 Å². The Labute approximate surface area is 121 Å². The molecule has 3 rings (SSSR count). The van der Waals surface area contributed by atoms with Crippen molar-refractivity contribution in [2.24, 2.45) is 0 Å². The molecule has 0 radical (unpaired) electrons. The summed E-state index contributed by atoms with van der Waals surface area (Å²) < 4.78 is 1.37. The lowest BCUT2D eigenvalue weighted by atomic mass is 10.1. The summed E-state index contributed by atoms with van der Waals surface area (Å²) >= 11 is 3.72. The molecule has 0 amide bonds. The molecule has 19 heavy (non-hydrogen) atoms. The van der Waals surface area contributed by atoms with E-state index in [1.807, 2.05) is 22.7 Å². The minimum atomic E-state index is 0.327. The van der Waals surface area contributed by atoms with Crippen LogP contribution in [0, 0.1) is 6.92 Å². The number of hydrogen-bond acceptors (Lipinski definition) is 3. The fourth-order valence-corrected chi connectivity index (χ4v) is 4.31. The normalized spacial score (nSPS) is 12.9. The van der Waals surface area contributed by atoms with Crippen molar-refractivity contribution in [3.63, 3.8) is 0 Å². The first-order valence-electron chi connectivity index (χ1n) is 6.55. The van der Waals surface area contributed by atoms with Crippen LogP contribution in [0.15, 0.2) is 41.8 Å². The third-order valence-electron chi connectivity index (χ3n) is 3.35. The van der Waals surface area contributed by atoms with Crippen LogP contribution in [0.3, 0.4) is 0 Å². The van der Waals surface area contributed by atoms with Crippen molar-refractivity contribution in [1.29, 1.82) is 0 Å². The molecule has 0 spiro atoms. The summed E-state index contributed by atoms with van der Waals surface area (Å²) in [6, 6.07) is 13.5. The monoisotopic (exact) mass is 287 g/mol. The molecule has 0 saturated carbocycles. The zero-order valence-corrected chi connectivity index (χ0v) is 12.8. The Kier molecular flexibility index (Phi) is 3.69. The van der Waals surface area contributed by atoms with Gasteiger partial charge in [0, 0.05) is 14.5 Å². The molecule has 0 fully saturated rings. The van der Waals surface area contributed by atoms with Crippen LogP contribution in [0.4, 0.5) is 0 Å². The molecule has 0 aliphatic carbocycles. The van der Waals surface area contributed by atoms with Crippen LogP contribution in [0.2, 0.25) is 0 Å². The minimum absolute atomic E-state index is 0.327. The van der Waals surface area contributed by atoms with Crippen LogP contribution in [0.25, 0.3) is 10.1 Å². The van der Waals surface area contributed by atoms with Crippen molar-refractivity contribution >= 4 is 32.8 Å². The van der Waals surface area contributed by atoms with Gasteiger partial charge in [-0.15, -0.1) is 22.7 Å². The van der Waals surface area contributed by atoms with Gasteiger partial charge in [0.2, 0.25) is 0 Å². The van der Waals surface area contributed by atoms with E-state index < -0.39 is 0 Å². The molecule has 2 heterocycles. The zero-order valence-electron chi connectivity index (χ0n) is 11.1. The first-order valence-corrected chi connectivity index (χ1v) is 8.25. The number of aryl methyl sites for hydroxylation is 1. The molecule has 2 aromatic heterocycles. The van der Waals surface area contributed by atoms with Gasteiger partial charge in [-0.3, -0.25) is 0 Å². The molecule has 1 N–H and O–H groups in total. The average Bonchev–Trinajstić information content (AvgIpc) is 3.02. The molecule has 1 nitrogen and oxygen atoms in total. The van der Waals surface area contributed by atoms with Gasteiger partial charge in [-0.1, -0.05) is 25.1 Å². The Morgan fingerprint density at radius 3 is 2.74 bits per heavy atom. The smallest absolute Gasteiger partial charge is 0.0682 e. The minimum Gasteiger partial charge on any atom is -0.306 e. The van der Waals surface area contributed by atoms with Crippen molar-refractivity contribution in [3.05, 3.63) is 57.1 Å². The van der Waals surface area contributed by atoms with E-state index >= 15 is 0 Å². The molecule has 1 aromatic carbocycles. The van der Waals surface area contributed by atoms with E-state index in [4.69, 9.17) is 0 Å². The average molecular weight is 287 g/mol. The largest absolute Gasteiger partial charge is 0.306 e. The fourth-order valence-electron chi connectivity index (χ4n) is 2.41. The maximum Gasteiger partial charge on any atom is 0.0682 e. The lowest BCUT2D eigenvalue weighted by Gasteiger charge is -2.16. The van der Waals surface area contributed by atoms with Crippen LogP contribution in [-0.4, -0.2) is 6.54 Å². The van der Waals surface area contributed by atoms with E-state index in [1.54, 1.807) is 0 Å². The van der Waals surface area contributed by atoms with Gasteiger partial charge in [-0.25, -0.2) is 0 Å². The van der Waals surface area contributed by atoms with Gasteiger partial charge in [0.15, 0.2) is 0 Å². The SMILES string of the molecule is CCNC(c1cc2ccccc2s1)c1ccsc1C. The van der Waals surface area contributed by atoms with Gasteiger partial charge in [0.1, 0.15) is 0 Å². The molecule has 0 saturated heterocycles. The summed E-state index contributed by atoms with van der Waals surface area (Å²) in [5.74, 6) is 0. The number of hydrogen-bond donors (Lipinski definition) is 1. The highest BCUT2D eigenvalue weighted by atomic mass is 32.1. The number of nitrogens with one attached hydrogen (secondary N) is 1. The highest BCUT2D eigenvalue weighted by Gasteiger charge is 2.18. The van der Waals surface area contributed by atoms with Crippen LogP contribution in [-0.2, 0) is 0 Å². The lowest BCUT2D eigenvalue weighted by molar-refractivity contribution is 0.639. The fraction of sp³-hybridized carbons (Fsp3) is 0.250. The maximum absolute atomic E-state index is 3.62. The second-order valence-electron chi connectivity index (χ2n) is 4.61. The van der Waals surface area contributed by atoms with E-state index in [9.17, 15) is 0 Å². The molecule has 0 bridgehead atoms. The molecule has 3 aromatic rings. The molecular formula is C16H17NS2. The molecule has 1 atom stereocenters. The van der Waals surface area contributed by atoms with Gasteiger partial charge >= 0.3 is 0 Å². The Bertz CT molecular complexity index is 648. The van der Waals surface area contributed by atoms with Crippen LogP contribution >= 0.6 is 22.7 Å². The molecule has 0 aliphatic rings. The molecule has 0 aliphatic heterocycles. The highest BCUT2D eigenvalue weighted by Crippen LogP contribution is 2.35. The summed E-state index contributed by atoms with van der Waals surface area (Å²) in [6.07, 6.45) is 0. The van der Waals surface area contributed by atoms with Gasteiger partial charge < -0.3 is 5.32 Å². The van der Waals surface area contributed by atoms with E-state index in [2.05, 4.69) is 60.9 Å². The van der Waals surface area contributed by atoms with Crippen molar-refractivity contribution in [3.8, 4) is 0 Å². The summed E-state index contributed by atoms with van der Waals surface area (Å²) in [5, 5.41) is 7.15. The Morgan fingerprint density at radius 2 is 2.05 bits per heavy atom. The molecular weight excluding hydrogens is 270 g/mol. The first kappa shape index (κ1) is 12.9. The predicted octanol–water partition coefficient (Wildman–Crippen LogP) is 4.97. The summed E-state index contributed by atoms with van der Waals surface area (Å²) in [4.78, 5) is 2.81. The molecule has 1 unspecified atom stereocenters. The van der Waals surface area contributed by atoms with Crippen molar-refractivity contribution in [2.75, 3.05) is 6.54 Å². The topological polar surface area (TPSA) is 12.0 Å². The summed E-state index contributed by atoms with van der Waals surface area (Å²) in [5.41, 5.74) is 1.42. The van der Waals surface area contributed by atoms with Crippen LogP contribution in [0.1, 0.15) is 28.3 Å². The van der Waals surface area contributed by atoms with E-state index in [0.29, 0.717) is 6.04 Å². The standard InChI is InChI=1S/C16H17NS2/c1-3-17-16(13-8-9-18-11(13)2)15-10-12-6-4-5-7-14(12)19-15/h4-10,16-17H,3H2,1-2H3. The second kappa shape index (κ2) is 5.45. The van der Waals surface area contributed by atoms with Gasteiger partial charge in [-0.05, 0) is 48.0 Å². The predicted molar refractivity (Wildman–Crippen MR) is 86.4 cm³/mol. The Balaban J connectivity index is 2.07. The maximum atomic E-state index is 3.62. The lowest BCUT2D eigenvalue weighted by Crippen LogP contribution is -2.21. The van der Waals surface area contributed by atoms with E-state index in [0.717, 1.165) is 6.54 Å². The first-order chi connectivity index (χ1) is 9.29. The van der Waals surface area contributed by atoms with E-state index in [1.165, 1.54) is 25.4 Å². The van der Waals surface area contributed by atoms with Crippen LogP contribution in [0.5, 0.6) is 0 Å². The second-order valence-corrected chi connectivity index (χ2v) is 6.85.